The molecule has 0 atom stereocenters. The van der Waals surface area contributed by atoms with Gasteiger partial charge < -0.3 is 0 Å². The van der Waals surface area contributed by atoms with Crippen molar-refractivity contribution in [1.82, 2.24) is 0 Å². The molecule has 2 aromatic rings. The lowest BCUT2D eigenvalue weighted by Gasteiger charge is -2.06. The standard InChI is InChI=1S/C13H7Cl4N3O2/c14-8-4-10(16)13(11(17)5-8)19-18-6-7-1-2-9(15)12(3-7)20(21)22/h1-6,19H/b18-6+. The van der Waals surface area contributed by atoms with Gasteiger partial charge >= 0.3 is 0 Å². The van der Waals surface area contributed by atoms with Gasteiger partial charge in [-0.25, -0.2) is 0 Å². The van der Waals surface area contributed by atoms with Crippen LogP contribution in [0.3, 0.4) is 0 Å². The Morgan fingerprint density at radius 3 is 2.27 bits per heavy atom. The molecule has 0 heterocycles. The zero-order valence-electron chi connectivity index (χ0n) is 10.7. The largest absolute Gasteiger partial charge is 0.288 e. The summed E-state index contributed by atoms with van der Waals surface area (Å²) in [5.74, 6) is 0. The average molecular weight is 379 g/mol. The van der Waals surface area contributed by atoms with E-state index < -0.39 is 4.92 Å². The molecule has 0 radical (unpaired) electrons. The third kappa shape index (κ3) is 4.01. The van der Waals surface area contributed by atoms with Crippen LogP contribution in [0.15, 0.2) is 35.4 Å². The first kappa shape index (κ1) is 16.8. The molecule has 2 rings (SSSR count). The first-order chi connectivity index (χ1) is 10.4. The van der Waals surface area contributed by atoms with Gasteiger partial charge in [0.2, 0.25) is 0 Å². The van der Waals surface area contributed by atoms with Crippen molar-refractivity contribution in [1.29, 1.82) is 0 Å². The normalized spacial score (nSPS) is 10.9. The topological polar surface area (TPSA) is 67.5 Å². The van der Waals surface area contributed by atoms with E-state index in [0.29, 0.717) is 26.3 Å². The highest BCUT2D eigenvalue weighted by molar-refractivity contribution is 6.41. The number of hydrazone groups is 1. The highest BCUT2D eigenvalue weighted by Gasteiger charge is 2.12. The summed E-state index contributed by atoms with van der Waals surface area (Å²) >= 11 is 23.5. The van der Waals surface area contributed by atoms with Crippen molar-refractivity contribution in [2.45, 2.75) is 0 Å². The summed E-state index contributed by atoms with van der Waals surface area (Å²) in [6.07, 6.45) is 1.38. The van der Waals surface area contributed by atoms with Gasteiger partial charge in [-0.2, -0.15) is 5.10 Å². The molecule has 0 aliphatic heterocycles. The van der Waals surface area contributed by atoms with E-state index in [-0.39, 0.29) is 10.7 Å². The van der Waals surface area contributed by atoms with Crippen molar-refractivity contribution < 1.29 is 4.92 Å². The Labute approximate surface area is 145 Å². The number of nitro benzene ring substituents is 1. The van der Waals surface area contributed by atoms with E-state index in [1.165, 1.54) is 30.5 Å². The van der Waals surface area contributed by atoms with E-state index in [0.717, 1.165) is 0 Å². The summed E-state index contributed by atoms with van der Waals surface area (Å²) in [5.41, 5.74) is 3.34. The minimum absolute atomic E-state index is 0.0545. The van der Waals surface area contributed by atoms with Crippen LogP contribution in [0.1, 0.15) is 5.56 Å². The number of rotatable bonds is 4. The van der Waals surface area contributed by atoms with Crippen LogP contribution in [0, 0.1) is 10.1 Å². The quantitative estimate of drug-likeness (QED) is 0.424. The lowest BCUT2D eigenvalue weighted by Crippen LogP contribution is -1.94. The van der Waals surface area contributed by atoms with Crippen molar-refractivity contribution in [2.75, 3.05) is 5.43 Å². The summed E-state index contributed by atoms with van der Waals surface area (Å²) in [5, 5.41) is 15.8. The van der Waals surface area contributed by atoms with E-state index >= 15 is 0 Å². The minimum atomic E-state index is -0.569. The zero-order chi connectivity index (χ0) is 16.3. The molecule has 0 aliphatic carbocycles. The maximum atomic E-state index is 10.8. The van der Waals surface area contributed by atoms with E-state index in [2.05, 4.69) is 10.5 Å². The van der Waals surface area contributed by atoms with E-state index in [1.807, 2.05) is 0 Å². The number of anilines is 1. The Bertz CT molecular complexity index is 742. The molecule has 2 aromatic carbocycles. The highest BCUT2D eigenvalue weighted by Crippen LogP contribution is 2.33. The molecule has 0 unspecified atom stereocenters. The number of hydrogen-bond donors (Lipinski definition) is 1. The smallest absolute Gasteiger partial charge is 0.275 e. The SMILES string of the molecule is O=[N+]([O-])c1cc(/C=N/Nc2c(Cl)cc(Cl)cc2Cl)ccc1Cl. The Morgan fingerprint density at radius 1 is 1.05 bits per heavy atom. The molecular formula is C13H7Cl4N3O2. The fourth-order valence-corrected chi connectivity index (χ4v) is 2.66. The molecule has 114 valence electrons. The number of halogens is 4. The van der Waals surface area contributed by atoms with Crippen molar-refractivity contribution in [3.63, 3.8) is 0 Å². The molecular weight excluding hydrogens is 372 g/mol. The molecule has 0 bridgehead atoms. The van der Waals surface area contributed by atoms with Gasteiger partial charge in [0, 0.05) is 16.7 Å². The van der Waals surface area contributed by atoms with Crippen molar-refractivity contribution >= 4 is 64.0 Å². The van der Waals surface area contributed by atoms with Crippen molar-refractivity contribution in [3.05, 3.63) is 66.1 Å². The van der Waals surface area contributed by atoms with Crippen LogP contribution in [-0.4, -0.2) is 11.1 Å². The number of nitrogens with zero attached hydrogens (tertiary/aromatic N) is 2. The van der Waals surface area contributed by atoms with Gasteiger partial charge in [0.1, 0.15) is 5.02 Å². The molecule has 22 heavy (non-hydrogen) atoms. The number of benzene rings is 2. The van der Waals surface area contributed by atoms with Gasteiger partial charge in [-0.1, -0.05) is 52.5 Å². The van der Waals surface area contributed by atoms with Crippen LogP contribution in [0.25, 0.3) is 0 Å². The molecule has 0 amide bonds. The van der Waals surface area contributed by atoms with Gasteiger partial charge in [0.25, 0.3) is 5.69 Å². The molecule has 0 aliphatic rings. The first-order valence-electron chi connectivity index (χ1n) is 5.76. The van der Waals surface area contributed by atoms with Crippen LogP contribution in [0.5, 0.6) is 0 Å². The molecule has 0 aromatic heterocycles. The van der Waals surface area contributed by atoms with Crippen LogP contribution in [0.4, 0.5) is 11.4 Å². The maximum Gasteiger partial charge on any atom is 0.288 e. The predicted molar refractivity (Wildman–Crippen MR) is 90.8 cm³/mol. The molecule has 0 spiro atoms. The first-order valence-corrected chi connectivity index (χ1v) is 7.27. The molecule has 0 saturated carbocycles. The Hall–Kier alpha value is -1.53. The Balaban J connectivity index is 2.20. The Morgan fingerprint density at radius 2 is 1.68 bits per heavy atom. The second-order valence-corrected chi connectivity index (χ2v) is 5.74. The summed E-state index contributed by atoms with van der Waals surface area (Å²) in [6, 6.07) is 7.34. The molecule has 5 nitrogen and oxygen atoms in total. The fraction of sp³-hybridized carbons (Fsp3) is 0. The van der Waals surface area contributed by atoms with Crippen LogP contribution >= 0.6 is 46.4 Å². The van der Waals surface area contributed by atoms with Gasteiger partial charge in [-0.3, -0.25) is 15.5 Å². The van der Waals surface area contributed by atoms with Gasteiger partial charge in [-0.05, 0) is 18.2 Å². The van der Waals surface area contributed by atoms with E-state index in [1.54, 1.807) is 6.07 Å². The van der Waals surface area contributed by atoms with Crippen LogP contribution < -0.4 is 5.43 Å². The predicted octanol–water partition coefficient (Wildman–Crippen LogP) is 5.65. The van der Waals surface area contributed by atoms with Gasteiger partial charge in [0.15, 0.2) is 0 Å². The summed E-state index contributed by atoms with van der Waals surface area (Å²) in [4.78, 5) is 10.2. The average Bonchev–Trinajstić information content (AvgIpc) is 2.43. The van der Waals surface area contributed by atoms with Gasteiger partial charge in [-0.15, -0.1) is 0 Å². The van der Waals surface area contributed by atoms with Crippen molar-refractivity contribution in [3.8, 4) is 0 Å². The zero-order valence-corrected chi connectivity index (χ0v) is 13.7. The highest BCUT2D eigenvalue weighted by atomic mass is 35.5. The monoisotopic (exact) mass is 377 g/mol. The molecule has 0 saturated heterocycles. The van der Waals surface area contributed by atoms with Crippen LogP contribution in [-0.2, 0) is 0 Å². The summed E-state index contributed by atoms with van der Waals surface area (Å²) in [6.45, 7) is 0. The fourth-order valence-electron chi connectivity index (χ4n) is 1.57. The summed E-state index contributed by atoms with van der Waals surface area (Å²) in [7, 11) is 0. The van der Waals surface area contributed by atoms with Crippen molar-refractivity contribution in [2.24, 2.45) is 5.10 Å². The van der Waals surface area contributed by atoms with Gasteiger partial charge in [0.05, 0.1) is 26.9 Å². The second-order valence-electron chi connectivity index (χ2n) is 4.08. The number of nitro groups is 1. The number of nitrogens with one attached hydrogen (secondary N) is 1. The molecule has 9 heteroatoms. The van der Waals surface area contributed by atoms with Crippen LogP contribution in [0.2, 0.25) is 20.1 Å². The summed E-state index contributed by atoms with van der Waals surface area (Å²) < 4.78 is 0. The molecule has 1 N–H and O–H groups in total. The van der Waals surface area contributed by atoms with E-state index in [4.69, 9.17) is 46.4 Å². The molecule has 0 fully saturated rings. The second kappa shape index (κ2) is 7.15. The third-order valence-corrected chi connectivity index (χ3v) is 3.70. The lowest BCUT2D eigenvalue weighted by atomic mass is 10.2. The number of hydrogen-bond acceptors (Lipinski definition) is 4. The Kier molecular flexibility index (Phi) is 5.47. The minimum Gasteiger partial charge on any atom is -0.275 e. The third-order valence-electron chi connectivity index (χ3n) is 2.56. The van der Waals surface area contributed by atoms with E-state index in [9.17, 15) is 10.1 Å². The maximum absolute atomic E-state index is 10.8. The lowest BCUT2D eigenvalue weighted by molar-refractivity contribution is -0.384.